The van der Waals surface area contributed by atoms with E-state index in [1.165, 1.54) is 11.0 Å². The van der Waals surface area contributed by atoms with Crippen molar-refractivity contribution in [2.75, 3.05) is 6.54 Å². The highest BCUT2D eigenvalue weighted by Gasteiger charge is 2.37. The number of hydrogen-bond acceptors (Lipinski definition) is 6. The predicted octanol–water partition coefficient (Wildman–Crippen LogP) is 3.23. The van der Waals surface area contributed by atoms with E-state index in [2.05, 4.69) is 17.2 Å². The van der Waals surface area contributed by atoms with Crippen molar-refractivity contribution < 1.29 is 29.0 Å². The molecule has 10 nitrogen and oxygen atoms in total. The molecular formula is C29H38N4O6. The molecule has 0 aromatic heterocycles. The molecule has 2 rings (SSSR count). The van der Waals surface area contributed by atoms with E-state index in [0.29, 0.717) is 5.56 Å². The molecule has 5 N–H and O–H groups in total. The first-order valence-corrected chi connectivity index (χ1v) is 12.6. The summed E-state index contributed by atoms with van der Waals surface area (Å²) in [6.07, 6.45) is 0.238. The quantitative estimate of drug-likeness (QED) is 0.305. The Hall–Kier alpha value is -4.34. The van der Waals surface area contributed by atoms with Gasteiger partial charge in [-0.1, -0.05) is 54.6 Å². The van der Waals surface area contributed by atoms with Crippen LogP contribution in [0.2, 0.25) is 0 Å². The van der Waals surface area contributed by atoms with Crippen LogP contribution in [0.4, 0.5) is 4.79 Å². The van der Waals surface area contributed by atoms with Crippen LogP contribution >= 0.6 is 0 Å². The van der Waals surface area contributed by atoms with E-state index in [1.807, 2.05) is 30.3 Å². The minimum absolute atomic E-state index is 0.0985. The standard InChI is InChI=1S/C29H38N4O6/c1-6-17-33(27(37)22(15-16-23(30)34)32-28(38)39-29(3,4)5)24(21-14-10-11-19(2)25(21)35)26(36)31-18-20-12-8-7-9-13-20/h6-14,22,24,35H,1,15-18H2,2-5H3,(H2,30,34)(H,31,36)(H,32,38). The van der Waals surface area contributed by atoms with Crippen LogP contribution < -0.4 is 16.4 Å². The van der Waals surface area contributed by atoms with E-state index in [9.17, 15) is 24.3 Å². The zero-order valence-electron chi connectivity index (χ0n) is 22.9. The van der Waals surface area contributed by atoms with Crippen LogP contribution in [0, 0.1) is 6.92 Å². The number of aryl methyl sites for hydroxylation is 1. The number of ether oxygens (including phenoxy) is 1. The Morgan fingerprint density at radius 3 is 2.36 bits per heavy atom. The summed E-state index contributed by atoms with van der Waals surface area (Å²) in [4.78, 5) is 52.9. The van der Waals surface area contributed by atoms with E-state index in [-0.39, 0.29) is 37.2 Å². The normalized spacial score (nSPS) is 12.5. The van der Waals surface area contributed by atoms with Gasteiger partial charge in [-0.3, -0.25) is 14.4 Å². The number of aromatic hydroxyl groups is 1. The summed E-state index contributed by atoms with van der Waals surface area (Å²) in [6, 6.07) is 11.6. The van der Waals surface area contributed by atoms with Crippen LogP contribution in [0.15, 0.2) is 61.2 Å². The number of amides is 4. The minimum Gasteiger partial charge on any atom is -0.507 e. The lowest BCUT2D eigenvalue weighted by molar-refractivity contribution is -0.142. The highest BCUT2D eigenvalue weighted by atomic mass is 16.6. The molecule has 0 saturated carbocycles. The van der Waals surface area contributed by atoms with Gasteiger partial charge < -0.3 is 31.1 Å². The number of phenols is 1. The molecule has 4 amide bonds. The van der Waals surface area contributed by atoms with Crippen LogP contribution in [-0.2, 0) is 25.7 Å². The first-order chi connectivity index (χ1) is 18.3. The van der Waals surface area contributed by atoms with Gasteiger partial charge >= 0.3 is 6.09 Å². The van der Waals surface area contributed by atoms with Crippen molar-refractivity contribution in [2.24, 2.45) is 5.73 Å². The lowest BCUT2D eigenvalue weighted by Crippen LogP contribution is -2.53. The fraction of sp³-hybridized carbons (Fsp3) is 0.379. The van der Waals surface area contributed by atoms with E-state index in [1.54, 1.807) is 45.9 Å². The Morgan fingerprint density at radius 2 is 1.77 bits per heavy atom. The SMILES string of the molecule is C=CCN(C(=O)C(CCC(N)=O)NC(=O)OC(C)(C)C)C(C(=O)NCc1ccccc1)c1cccc(C)c1O. The smallest absolute Gasteiger partial charge is 0.408 e. The number of alkyl carbamates (subject to hydrolysis) is 1. The number of phenolic OH excluding ortho intramolecular Hbond substituents is 1. The molecule has 2 atom stereocenters. The maximum Gasteiger partial charge on any atom is 0.408 e. The van der Waals surface area contributed by atoms with Crippen molar-refractivity contribution in [2.45, 2.75) is 64.8 Å². The van der Waals surface area contributed by atoms with Crippen LogP contribution in [-0.4, -0.2) is 52.0 Å². The third-order valence-electron chi connectivity index (χ3n) is 5.71. The van der Waals surface area contributed by atoms with Gasteiger partial charge in [0.15, 0.2) is 0 Å². The molecule has 2 aromatic carbocycles. The lowest BCUT2D eigenvalue weighted by atomic mass is 9.98. The van der Waals surface area contributed by atoms with E-state index in [0.717, 1.165) is 5.56 Å². The van der Waals surface area contributed by atoms with Gasteiger partial charge in [-0.15, -0.1) is 6.58 Å². The number of nitrogens with one attached hydrogen (secondary N) is 2. The fourth-order valence-corrected chi connectivity index (χ4v) is 3.89. The van der Waals surface area contributed by atoms with Gasteiger partial charge in [-0.2, -0.15) is 0 Å². The number of hydrogen-bond donors (Lipinski definition) is 4. The first-order valence-electron chi connectivity index (χ1n) is 12.6. The summed E-state index contributed by atoms with van der Waals surface area (Å²) in [5.41, 5.74) is 6.02. The van der Waals surface area contributed by atoms with Gasteiger partial charge in [-0.05, 0) is 45.2 Å². The third kappa shape index (κ3) is 9.48. The molecule has 0 radical (unpaired) electrons. The molecule has 39 heavy (non-hydrogen) atoms. The average Bonchev–Trinajstić information content (AvgIpc) is 2.86. The summed E-state index contributed by atoms with van der Waals surface area (Å²) < 4.78 is 5.30. The molecule has 0 aliphatic heterocycles. The largest absolute Gasteiger partial charge is 0.507 e. The van der Waals surface area contributed by atoms with Gasteiger partial charge in [0.25, 0.3) is 0 Å². The molecule has 0 aliphatic carbocycles. The molecule has 2 aromatic rings. The van der Waals surface area contributed by atoms with Crippen molar-refractivity contribution in [3.63, 3.8) is 0 Å². The van der Waals surface area contributed by atoms with Crippen LogP contribution in [0.1, 0.15) is 56.3 Å². The van der Waals surface area contributed by atoms with Gasteiger partial charge in [0, 0.05) is 25.1 Å². The molecule has 2 unspecified atom stereocenters. The molecule has 0 heterocycles. The number of carbonyl (C=O) groups excluding carboxylic acids is 4. The number of nitrogens with two attached hydrogens (primary N) is 1. The zero-order chi connectivity index (χ0) is 29.2. The summed E-state index contributed by atoms with van der Waals surface area (Å²) in [5, 5.41) is 16.2. The van der Waals surface area contributed by atoms with Gasteiger partial charge in [0.1, 0.15) is 23.4 Å². The minimum atomic E-state index is -1.28. The average molecular weight is 539 g/mol. The number of para-hydroxylation sites is 1. The maximum absolute atomic E-state index is 13.9. The molecule has 0 bridgehead atoms. The summed E-state index contributed by atoms with van der Waals surface area (Å²) >= 11 is 0. The van der Waals surface area contributed by atoms with Crippen LogP contribution in [0.25, 0.3) is 0 Å². The number of nitrogens with zero attached hydrogens (tertiary/aromatic N) is 1. The van der Waals surface area contributed by atoms with Crippen LogP contribution in [0.5, 0.6) is 5.75 Å². The molecular weight excluding hydrogens is 500 g/mol. The number of rotatable bonds is 12. The van der Waals surface area contributed by atoms with Crippen LogP contribution in [0.3, 0.4) is 0 Å². The highest BCUT2D eigenvalue weighted by Crippen LogP contribution is 2.32. The zero-order valence-corrected chi connectivity index (χ0v) is 22.9. The van der Waals surface area contributed by atoms with Gasteiger partial charge in [0.2, 0.25) is 17.7 Å². The lowest BCUT2D eigenvalue weighted by Gasteiger charge is -2.34. The number of primary amides is 1. The van der Waals surface area contributed by atoms with E-state index < -0.39 is 41.5 Å². The third-order valence-corrected chi connectivity index (χ3v) is 5.71. The second-order valence-corrected chi connectivity index (χ2v) is 10.1. The van der Waals surface area contributed by atoms with E-state index in [4.69, 9.17) is 10.5 Å². The summed E-state index contributed by atoms with van der Waals surface area (Å²) in [5.74, 6) is -2.04. The summed E-state index contributed by atoms with van der Waals surface area (Å²) in [7, 11) is 0. The number of carbonyl (C=O) groups is 4. The predicted molar refractivity (Wildman–Crippen MR) is 147 cm³/mol. The molecule has 0 saturated heterocycles. The molecule has 10 heteroatoms. The molecule has 210 valence electrons. The molecule has 0 aliphatic rings. The Kier molecular flexibility index (Phi) is 11.1. The first kappa shape index (κ1) is 30.9. The van der Waals surface area contributed by atoms with Gasteiger partial charge in [-0.25, -0.2) is 4.79 Å². The Balaban J connectivity index is 2.50. The topological polar surface area (TPSA) is 151 Å². The maximum atomic E-state index is 13.9. The molecule has 0 spiro atoms. The van der Waals surface area contributed by atoms with Crippen molar-refractivity contribution in [3.05, 3.63) is 77.9 Å². The fourth-order valence-electron chi connectivity index (χ4n) is 3.89. The highest BCUT2D eigenvalue weighted by molar-refractivity contribution is 5.93. The number of benzene rings is 2. The van der Waals surface area contributed by atoms with Crippen molar-refractivity contribution in [1.29, 1.82) is 0 Å². The Bertz CT molecular complexity index is 1180. The second kappa shape index (κ2) is 14.0. The van der Waals surface area contributed by atoms with Crippen molar-refractivity contribution in [3.8, 4) is 5.75 Å². The summed E-state index contributed by atoms with van der Waals surface area (Å²) in [6.45, 7) is 10.5. The van der Waals surface area contributed by atoms with Gasteiger partial charge in [0.05, 0.1) is 0 Å². The van der Waals surface area contributed by atoms with E-state index >= 15 is 0 Å². The Labute approximate surface area is 229 Å². The monoisotopic (exact) mass is 538 g/mol. The Morgan fingerprint density at radius 1 is 1.10 bits per heavy atom. The van der Waals surface area contributed by atoms with Crippen molar-refractivity contribution >= 4 is 23.8 Å². The van der Waals surface area contributed by atoms with Crippen molar-refractivity contribution in [1.82, 2.24) is 15.5 Å². The molecule has 0 fully saturated rings. The second-order valence-electron chi connectivity index (χ2n) is 10.1.